The summed E-state index contributed by atoms with van der Waals surface area (Å²) < 4.78 is 11.2. The molecule has 31 heavy (non-hydrogen) atoms. The Morgan fingerprint density at radius 3 is 2.52 bits per heavy atom. The number of halogens is 1. The van der Waals surface area contributed by atoms with Crippen LogP contribution in [0.1, 0.15) is 30.7 Å². The van der Waals surface area contributed by atoms with Crippen LogP contribution in [0.25, 0.3) is 0 Å². The third-order valence-corrected chi connectivity index (χ3v) is 4.56. The van der Waals surface area contributed by atoms with Gasteiger partial charge in [-0.3, -0.25) is 0 Å². The van der Waals surface area contributed by atoms with Gasteiger partial charge in [0.25, 0.3) is 0 Å². The highest BCUT2D eigenvalue weighted by Gasteiger charge is 2.26. The van der Waals surface area contributed by atoms with Crippen molar-refractivity contribution < 1.29 is 14.3 Å². The molecule has 7 heteroatoms. The first-order chi connectivity index (χ1) is 14.6. The molecule has 3 aromatic rings. The first kappa shape index (κ1) is 24.7. The zero-order valence-corrected chi connectivity index (χ0v) is 20.2. The minimum absolute atomic E-state index is 0. The molecule has 3 rings (SSSR count). The van der Waals surface area contributed by atoms with E-state index in [0.717, 1.165) is 23.4 Å². The van der Waals surface area contributed by atoms with Crippen molar-refractivity contribution in [1.82, 2.24) is 10.6 Å². The van der Waals surface area contributed by atoms with Crippen molar-refractivity contribution in [3.8, 4) is 5.75 Å². The lowest BCUT2D eigenvalue weighted by Crippen LogP contribution is -2.44. The van der Waals surface area contributed by atoms with Crippen LogP contribution in [0.5, 0.6) is 5.75 Å². The Hall–Kier alpha value is -2.52. The second-order valence-corrected chi connectivity index (χ2v) is 7.22. The van der Waals surface area contributed by atoms with Crippen LogP contribution in [0, 0.1) is 0 Å². The fraction of sp³-hybridized carbons (Fsp3) is 0.292. The van der Waals surface area contributed by atoms with E-state index >= 15 is 0 Å². The number of hydrogen-bond acceptors (Lipinski definition) is 4. The van der Waals surface area contributed by atoms with Gasteiger partial charge in [-0.25, -0.2) is 4.99 Å². The lowest BCUT2D eigenvalue weighted by Gasteiger charge is -2.22. The number of hydrogen-bond donors (Lipinski definition) is 3. The standard InChI is InChI=1S/C24H29N3O3.HI/c1-3-25-23(27-18-24(2,28)22-13-8-14-29-22)26-16-20-11-7-12-21(15-20)30-17-19-9-5-4-6-10-19;/h4-15,28H,3,16-18H2,1-2H3,(H2,25,26,27);1H. The third kappa shape index (κ3) is 7.91. The molecule has 166 valence electrons. The van der Waals surface area contributed by atoms with Crippen LogP contribution in [0.3, 0.4) is 0 Å². The fourth-order valence-electron chi connectivity index (χ4n) is 2.91. The zero-order chi connectivity index (χ0) is 21.2. The smallest absolute Gasteiger partial charge is 0.191 e. The highest BCUT2D eigenvalue weighted by Crippen LogP contribution is 2.20. The van der Waals surface area contributed by atoms with E-state index in [0.29, 0.717) is 24.9 Å². The average Bonchev–Trinajstić information content (AvgIpc) is 3.31. The number of ether oxygens (including phenoxy) is 1. The second kappa shape index (κ2) is 12.4. The molecule has 0 radical (unpaired) electrons. The number of nitrogens with zero attached hydrogens (tertiary/aromatic N) is 1. The van der Waals surface area contributed by atoms with Gasteiger partial charge in [-0.05, 0) is 49.2 Å². The molecule has 3 N–H and O–H groups in total. The van der Waals surface area contributed by atoms with Crippen molar-refractivity contribution in [3.05, 3.63) is 89.9 Å². The molecular formula is C24H30IN3O3. The number of benzene rings is 2. The van der Waals surface area contributed by atoms with Gasteiger partial charge in [0.05, 0.1) is 19.4 Å². The lowest BCUT2D eigenvalue weighted by molar-refractivity contribution is 0.0386. The van der Waals surface area contributed by atoms with Crippen LogP contribution in [0.15, 0.2) is 82.4 Å². The van der Waals surface area contributed by atoms with Crippen molar-refractivity contribution in [3.63, 3.8) is 0 Å². The number of aliphatic hydroxyl groups is 1. The summed E-state index contributed by atoms with van der Waals surface area (Å²) in [6, 6.07) is 21.5. The van der Waals surface area contributed by atoms with Crippen molar-refractivity contribution in [1.29, 1.82) is 0 Å². The van der Waals surface area contributed by atoms with E-state index in [2.05, 4.69) is 15.6 Å². The maximum atomic E-state index is 10.6. The summed E-state index contributed by atoms with van der Waals surface area (Å²) in [5.74, 6) is 1.94. The summed E-state index contributed by atoms with van der Waals surface area (Å²) >= 11 is 0. The molecule has 0 fully saturated rings. The quantitative estimate of drug-likeness (QED) is 0.215. The van der Waals surface area contributed by atoms with Crippen molar-refractivity contribution in [2.45, 2.75) is 32.6 Å². The van der Waals surface area contributed by atoms with Crippen LogP contribution >= 0.6 is 24.0 Å². The van der Waals surface area contributed by atoms with Gasteiger partial charge in [0.15, 0.2) is 5.96 Å². The Morgan fingerprint density at radius 2 is 1.81 bits per heavy atom. The largest absolute Gasteiger partial charge is 0.489 e. The second-order valence-electron chi connectivity index (χ2n) is 7.22. The number of aliphatic imine (C=N–C) groups is 1. The van der Waals surface area contributed by atoms with Crippen LogP contribution in [0.4, 0.5) is 0 Å². The van der Waals surface area contributed by atoms with Gasteiger partial charge in [0, 0.05) is 6.54 Å². The molecule has 0 amide bonds. The highest BCUT2D eigenvalue weighted by molar-refractivity contribution is 14.0. The lowest BCUT2D eigenvalue weighted by atomic mass is 10.0. The molecule has 0 saturated carbocycles. The van der Waals surface area contributed by atoms with Crippen molar-refractivity contribution >= 4 is 29.9 Å². The van der Waals surface area contributed by atoms with Gasteiger partial charge in [-0.1, -0.05) is 42.5 Å². The Bertz CT molecular complexity index is 928. The molecule has 0 aliphatic carbocycles. The van der Waals surface area contributed by atoms with Gasteiger partial charge in [-0.2, -0.15) is 0 Å². The van der Waals surface area contributed by atoms with Crippen LogP contribution in [-0.4, -0.2) is 24.2 Å². The Morgan fingerprint density at radius 1 is 1.03 bits per heavy atom. The molecule has 0 spiro atoms. The van der Waals surface area contributed by atoms with Crippen LogP contribution in [0.2, 0.25) is 0 Å². The predicted molar refractivity (Wildman–Crippen MR) is 134 cm³/mol. The van der Waals surface area contributed by atoms with E-state index in [1.54, 1.807) is 25.3 Å². The molecule has 2 aromatic carbocycles. The van der Waals surface area contributed by atoms with E-state index < -0.39 is 5.60 Å². The van der Waals surface area contributed by atoms with Gasteiger partial charge >= 0.3 is 0 Å². The van der Waals surface area contributed by atoms with Crippen molar-refractivity contribution in [2.75, 3.05) is 13.1 Å². The SMILES string of the molecule is CCNC(=NCc1cccc(OCc2ccccc2)c1)NCC(C)(O)c1ccco1.I. The molecule has 0 aliphatic rings. The summed E-state index contributed by atoms with van der Waals surface area (Å²) in [4.78, 5) is 4.62. The predicted octanol–water partition coefficient (Wildman–Crippen LogP) is 4.44. The number of furan rings is 1. The average molecular weight is 535 g/mol. The summed E-state index contributed by atoms with van der Waals surface area (Å²) in [6.07, 6.45) is 1.55. The molecule has 0 saturated heterocycles. The maximum Gasteiger partial charge on any atom is 0.191 e. The van der Waals surface area contributed by atoms with Gasteiger partial charge in [-0.15, -0.1) is 24.0 Å². The van der Waals surface area contributed by atoms with Crippen molar-refractivity contribution in [2.24, 2.45) is 4.99 Å². The van der Waals surface area contributed by atoms with Gasteiger partial charge < -0.3 is 24.9 Å². The summed E-state index contributed by atoms with van der Waals surface area (Å²) in [6.45, 7) is 5.71. The minimum atomic E-state index is -1.13. The van der Waals surface area contributed by atoms with E-state index in [9.17, 15) is 5.11 Å². The Balaban J connectivity index is 0.00000341. The molecule has 6 nitrogen and oxygen atoms in total. The number of guanidine groups is 1. The first-order valence-electron chi connectivity index (χ1n) is 10.1. The summed E-state index contributed by atoms with van der Waals surface area (Å²) in [7, 11) is 0. The van der Waals surface area contributed by atoms with Crippen LogP contribution < -0.4 is 15.4 Å². The topological polar surface area (TPSA) is 79.0 Å². The van der Waals surface area contributed by atoms with Gasteiger partial charge in [0.1, 0.15) is 23.7 Å². The normalized spacial score (nSPS) is 13.1. The zero-order valence-electron chi connectivity index (χ0n) is 17.9. The van der Waals surface area contributed by atoms with Crippen LogP contribution in [-0.2, 0) is 18.8 Å². The molecule has 1 unspecified atom stereocenters. The number of rotatable bonds is 9. The Labute approximate surface area is 200 Å². The fourth-order valence-corrected chi connectivity index (χ4v) is 2.91. The highest BCUT2D eigenvalue weighted by atomic mass is 127. The first-order valence-corrected chi connectivity index (χ1v) is 10.1. The number of nitrogens with one attached hydrogen (secondary N) is 2. The van der Waals surface area contributed by atoms with E-state index in [1.807, 2.05) is 61.5 Å². The molecule has 1 atom stereocenters. The van der Waals surface area contributed by atoms with E-state index in [4.69, 9.17) is 9.15 Å². The monoisotopic (exact) mass is 535 g/mol. The molecule has 0 bridgehead atoms. The molecular weight excluding hydrogens is 505 g/mol. The summed E-state index contributed by atoms with van der Waals surface area (Å²) in [5.41, 5.74) is 1.03. The van der Waals surface area contributed by atoms with E-state index in [1.165, 1.54) is 0 Å². The third-order valence-electron chi connectivity index (χ3n) is 4.56. The maximum absolute atomic E-state index is 10.6. The molecule has 0 aliphatic heterocycles. The Kier molecular flexibility index (Phi) is 9.87. The van der Waals surface area contributed by atoms with Gasteiger partial charge in [0.2, 0.25) is 0 Å². The summed E-state index contributed by atoms with van der Waals surface area (Å²) in [5, 5.41) is 17.0. The molecule has 1 aromatic heterocycles. The molecule has 1 heterocycles. The minimum Gasteiger partial charge on any atom is -0.489 e. The van der Waals surface area contributed by atoms with E-state index in [-0.39, 0.29) is 30.5 Å².